The minimum Gasteiger partial charge on any atom is -0.353 e. The molecule has 1 aromatic heterocycles. The molecule has 0 saturated heterocycles. The lowest BCUT2D eigenvalue weighted by atomic mass is 10.2. The fraction of sp³-hybridized carbons (Fsp3) is 0.571. The third-order valence-corrected chi connectivity index (χ3v) is 5.45. The molecule has 0 bridgehead atoms. The van der Waals surface area contributed by atoms with Crippen molar-refractivity contribution in [3.63, 3.8) is 0 Å². The van der Waals surface area contributed by atoms with Gasteiger partial charge in [0.1, 0.15) is 0 Å². The van der Waals surface area contributed by atoms with Crippen LogP contribution in [0.1, 0.15) is 40.5 Å². The van der Waals surface area contributed by atoms with Gasteiger partial charge in [-0.25, -0.2) is 4.98 Å². The van der Waals surface area contributed by atoms with Crippen molar-refractivity contribution in [2.24, 2.45) is 0 Å². The van der Waals surface area contributed by atoms with Gasteiger partial charge in [0.15, 0.2) is 11.4 Å². The summed E-state index contributed by atoms with van der Waals surface area (Å²) in [5.74, 6) is 0.134. The first-order chi connectivity index (χ1) is 14.0. The number of nitrogens with zero attached hydrogens (tertiary/aromatic N) is 2. The van der Waals surface area contributed by atoms with Crippen LogP contribution in [0.3, 0.4) is 0 Å². The Balaban J connectivity index is 2.25. The molecule has 1 amide bonds. The second kappa shape index (κ2) is 11.9. The van der Waals surface area contributed by atoms with Crippen LogP contribution in [0.4, 0.5) is 0 Å². The van der Waals surface area contributed by atoms with E-state index in [1.807, 2.05) is 45.9 Å². The molecule has 1 N–H and O–H groups in total. The van der Waals surface area contributed by atoms with Gasteiger partial charge in [0.2, 0.25) is 5.91 Å². The van der Waals surface area contributed by atoms with Crippen LogP contribution < -0.4 is 10.9 Å². The van der Waals surface area contributed by atoms with Crippen molar-refractivity contribution in [3.8, 4) is 0 Å². The summed E-state index contributed by atoms with van der Waals surface area (Å²) in [7, 11) is 0. The molecule has 7 nitrogen and oxygen atoms in total. The summed E-state index contributed by atoms with van der Waals surface area (Å²) in [6.45, 7) is 9.28. The number of nitrogens with one attached hydrogen (secondary N) is 1. The lowest BCUT2D eigenvalue weighted by Gasteiger charge is -2.19. The van der Waals surface area contributed by atoms with Gasteiger partial charge >= 0.3 is 0 Å². The molecule has 0 aliphatic carbocycles. The number of thioether (sulfide) groups is 1. The number of ether oxygens (including phenoxy) is 2. The number of amides is 1. The van der Waals surface area contributed by atoms with Gasteiger partial charge in [0.05, 0.1) is 16.7 Å². The average molecular weight is 422 g/mol. The molecular formula is C21H31N3O4S. The second-order valence-electron chi connectivity index (χ2n) is 6.66. The number of carbonyl (C=O) groups is 1. The Labute approximate surface area is 176 Å². The summed E-state index contributed by atoms with van der Waals surface area (Å²) in [4.78, 5) is 29.9. The Morgan fingerprint density at radius 2 is 1.90 bits per heavy atom. The van der Waals surface area contributed by atoms with Gasteiger partial charge in [-0.3, -0.25) is 14.2 Å². The maximum Gasteiger partial charge on any atom is 0.262 e. The number of aromatic nitrogens is 2. The van der Waals surface area contributed by atoms with Crippen molar-refractivity contribution < 1.29 is 14.3 Å². The topological polar surface area (TPSA) is 82.5 Å². The Morgan fingerprint density at radius 1 is 1.21 bits per heavy atom. The van der Waals surface area contributed by atoms with Gasteiger partial charge in [-0.05, 0) is 39.3 Å². The van der Waals surface area contributed by atoms with Crippen LogP contribution >= 0.6 is 11.8 Å². The molecule has 0 fully saturated rings. The molecule has 29 heavy (non-hydrogen) atoms. The molecule has 0 aliphatic heterocycles. The number of carbonyl (C=O) groups excluding carboxylic acids is 1. The van der Waals surface area contributed by atoms with Crippen molar-refractivity contribution in [2.75, 3.05) is 19.0 Å². The van der Waals surface area contributed by atoms with E-state index in [4.69, 9.17) is 9.47 Å². The molecule has 160 valence electrons. The lowest BCUT2D eigenvalue weighted by Crippen LogP contribution is -2.33. The van der Waals surface area contributed by atoms with E-state index in [2.05, 4.69) is 10.3 Å². The Morgan fingerprint density at radius 3 is 2.55 bits per heavy atom. The fourth-order valence-corrected chi connectivity index (χ4v) is 3.66. The molecule has 0 spiro atoms. The number of fused-ring (bicyclic) bond motifs is 1. The van der Waals surface area contributed by atoms with E-state index in [0.29, 0.717) is 42.2 Å². The highest BCUT2D eigenvalue weighted by Gasteiger charge is 2.16. The molecule has 1 heterocycles. The predicted octanol–water partition coefficient (Wildman–Crippen LogP) is 3.19. The normalized spacial score (nSPS) is 12.4. The van der Waals surface area contributed by atoms with Crippen LogP contribution in [0.25, 0.3) is 10.9 Å². The third kappa shape index (κ3) is 6.83. The van der Waals surface area contributed by atoms with E-state index in [9.17, 15) is 9.59 Å². The van der Waals surface area contributed by atoms with Crippen molar-refractivity contribution >= 4 is 28.6 Å². The molecule has 1 aromatic carbocycles. The lowest BCUT2D eigenvalue weighted by molar-refractivity contribution is -0.141. The van der Waals surface area contributed by atoms with Crippen LogP contribution in [0.15, 0.2) is 34.2 Å². The summed E-state index contributed by atoms with van der Waals surface area (Å²) in [6, 6.07) is 7.38. The number of para-hydroxylation sites is 1. The van der Waals surface area contributed by atoms with E-state index in [-0.39, 0.29) is 29.6 Å². The number of rotatable bonds is 12. The fourth-order valence-electron chi connectivity index (χ4n) is 2.82. The van der Waals surface area contributed by atoms with E-state index in [0.717, 1.165) is 6.42 Å². The summed E-state index contributed by atoms with van der Waals surface area (Å²) >= 11 is 1.27. The van der Waals surface area contributed by atoms with Crippen LogP contribution in [0.5, 0.6) is 0 Å². The summed E-state index contributed by atoms with van der Waals surface area (Å²) in [6.07, 6.45) is 1.01. The van der Waals surface area contributed by atoms with Gasteiger partial charge in [0, 0.05) is 32.2 Å². The molecule has 1 atom stereocenters. The zero-order valence-electron chi connectivity index (χ0n) is 17.6. The van der Waals surface area contributed by atoms with Gasteiger partial charge in [-0.1, -0.05) is 30.8 Å². The smallest absolute Gasteiger partial charge is 0.262 e. The quantitative estimate of drug-likeness (QED) is 0.322. The first-order valence-electron chi connectivity index (χ1n) is 10.1. The maximum atomic E-state index is 13.1. The molecule has 0 radical (unpaired) electrons. The number of hydrogen-bond acceptors (Lipinski definition) is 6. The van der Waals surface area contributed by atoms with Crippen LogP contribution in [-0.4, -0.2) is 46.8 Å². The molecule has 2 aromatic rings. The monoisotopic (exact) mass is 421 g/mol. The first-order valence-corrected chi connectivity index (χ1v) is 11.1. The van der Waals surface area contributed by atoms with Gasteiger partial charge < -0.3 is 14.8 Å². The number of benzene rings is 1. The third-order valence-electron chi connectivity index (χ3n) is 4.47. The van der Waals surface area contributed by atoms with E-state index < -0.39 is 0 Å². The summed E-state index contributed by atoms with van der Waals surface area (Å²) in [5.41, 5.74) is 0.511. The molecule has 0 unspecified atom stereocenters. The standard InChI is InChI=1S/C21H31N3O4S/c1-5-15(4)22-18(25)14-29-21-23-17-11-9-8-10-16(17)20(26)24(21)13-12-19(27-6-2)28-7-3/h8-11,15,19H,5-7,12-14H2,1-4H3,(H,22,25)/t15-/m0/s1. The largest absolute Gasteiger partial charge is 0.353 e. The minimum atomic E-state index is -0.380. The van der Waals surface area contributed by atoms with Crippen molar-refractivity contribution in [1.82, 2.24) is 14.9 Å². The van der Waals surface area contributed by atoms with Crippen LogP contribution in [0, 0.1) is 0 Å². The highest BCUT2D eigenvalue weighted by molar-refractivity contribution is 7.99. The van der Waals surface area contributed by atoms with Crippen LogP contribution in [0.2, 0.25) is 0 Å². The summed E-state index contributed by atoms with van der Waals surface area (Å²) < 4.78 is 12.8. The molecule has 0 saturated carbocycles. The minimum absolute atomic E-state index is 0.0696. The Kier molecular flexibility index (Phi) is 9.63. The van der Waals surface area contributed by atoms with E-state index in [1.54, 1.807) is 10.6 Å². The van der Waals surface area contributed by atoms with Crippen molar-refractivity contribution in [2.45, 2.75) is 64.6 Å². The van der Waals surface area contributed by atoms with Crippen molar-refractivity contribution in [1.29, 1.82) is 0 Å². The van der Waals surface area contributed by atoms with Crippen LogP contribution in [-0.2, 0) is 20.8 Å². The highest BCUT2D eigenvalue weighted by atomic mass is 32.2. The van der Waals surface area contributed by atoms with E-state index >= 15 is 0 Å². The van der Waals surface area contributed by atoms with Crippen molar-refractivity contribution in [3.05, 3.63) is 34.6 Å². The molecule has 0 aliphatic rings. The van der Waals surface area contributed by atoms with E-state index in [1.165, 1.54) is 11.8 Å². The Bertz CT molecular complexity index is 849. The zero-order valence-corrected chi connectivity index (χ0v) is 18.5. The molecular weight excluding hydrogens is 390 g/mol. The SMILES string of the molecule is CCOC(CCn1c(SCC(=O)N[C@@H](C)CC)nc2ccccc2c1=O)OCC. The second-order valence-corrected chi connectivity index (χ2v) is 7.61. The molecule has 8 heteroatoms. The van der Waals surface area contributed by atoms with Gasteiger partial charge in [-0.2, -0.15) is 0 Å². The summed E-state index contributed by atoms with van der Waals surface area (Å²) in [5, 5.41) is 4.03. The predicted molar refractivity (Wildman–Crippen MR) is 116 cm³/mol. The van der Waals surface area contributed by atoms with Gasteiger partial charge in [-0.15, -0.1) is 0 Å². The zero-order chi connectivity index (χ0) is 21.2. The average Bonchev–Trinajstić information content (AvgIpc) is 2.71. The van der Waals surface area contributed by atoms with Gasteiger partial charge in [0.25, 0.3) is 5.56 Å². The Hall–Kier alpha value is -1.90. The molecule has 2 rings (SSSR count). The first kappa shape index (κ1) is 23.4. The number of hydrogen-bond donors (Lipinski definition) is 1. The highest BCUT2D eigenvalue weighted by Crippen LogP contribution is 2.19. The maximum absolute atomic E-state index is 13.1.